The van der Waals surface area contributed by atoms with Crippen LogP contribution < -0.4 is 16.6 Å². The number of carbonyl (C=O) groups is 1. The van der Waals surface area contributed by atoms with Crippen molar-refractivity contribution in [2.45, 2.75) is 6.54 Å². The lowest BCUT2D eigenvalue weighted by molar-refractivity contribution is -0.116. The Morgan fingerprint density at radius 2 is 2.10 bits per heavy atom. The Morgan fingerprint density at radius 1 is 1.35 bits per heavy atom. The molecule has 104 valence electrons. The van der Waals surface area contributed by atoms with E-state index in [2.05, 4.69) is 21.2 Å². The van der Waals surface area contributed by atoms with E-state index in [4.69, 9.17) is 17.3 Å². The van der Waals surface area contributed by atoms with E-state index in [0.29, 0.717) is 20.9 Å². The number of nitrogen functional groups attached to an aromatic ring is 1. The summed E-state index contributed by atoms with van der Waals surface area (Å²) < 4.78 is 2.01. The zero-order chi connectivity index (χ0) is 14.7. The SMILES string of the molecule is Nc1ccc(Cl)cc1NC(=O)Cn1cc(Br)ccc1=O. The van der Waals surface area contributed by atoms with E-state index in [0.717, 1.165) is 0 Å². The largest absolute Gasteiger partial charge is 0.397 e. The number of rotatable bonds is 3. The molecular weight excluding hydrogens is 346 g/mol. The summed E-state index contributed by atoms with van der Waals surface area (Å²) in [5, 5.41) is 3.09. The van der Waals surface area contributed by atoms with Crippen LogP contribution in [0.25, 0.3) is 0 Å². The maximum atomic E-state index is 11.9. The van der Waals surface area contributed by atoms with Crippen molar-refractivity contribution < 1.29 is 4.79 Å². The van der Waals surface area contributed by atoms with E-state index >= 15 is 0 Å². The fourth-order valence-electron chi connectivity index (χ4n) is 1.61. The first-order valence-corrected chi connectivity index (χ1v) is 6.83. The van der Waals surface area contributed by atoms with Gasteiger partial charge in [-0.25, -0.2) is 0 Å². The maximum Gasteiger partial charge on any atom is 0.251 e. The number of hydrogen-bond acceptors (Lipinski definition) is 3. The van der Waals surface area contributed by atoms with Crippen LogP contribution >= 0.6 is 27.5 Å². The molecule has 7 heteroatoms. The molecule has 0 atom stereocenters. The average Bonchev–Trinajstić information content (AvgIpc) is 2.38. The zero-order valence-corrected chi connectivity index (χ0v) is 12.6. The number of carbonyl (C=O) groups excluding carboxylic acids is 1. The number of nitrogens with one attached hydrogen (secondary N) is 1. The van der Waals surface area contributed by atoms with Gasteiger partial charge in [-0.2, -0.15) is 0 Å². The van der Waals surface area contributed by atoms with Crippen molar-refractivity contribution in [2.75, 3.05) is 11.1 Å². The molecular formula is C13H11BrClN3O2. The van der Waals surface area contributed by atoms with Crippen LogP contribution in [-0.4, -0.2) is 10.5 Å². The first-order valence-electron chi connectivity index (χ1n) is 5.66. The van der Waals surface area contributed by atoms with Gasteiger partial charge in [-0.3, -0.25) is 9.59 Å². The first-order chi connectivity index (χ1) is 9.45. The fraction of sp³-hybridized carbons (Fsp3) is 0.0769. The van der Waals surface area contributed by atoms with E-state index in [-0.39, 0.29) is 18.0 Å². The Labute approximate surface area is 128 Å². The Hall–Kier alpha value is -1.79. The molecule has 0 saturated carbocycles. The molecule has 0 unspecified atom stereocenters. The van der Waals surface area contributed by atoms with Gasteiger partial charge in [-0.1, -0.05) is 11.6 Å². The minimum atomic E-state index is -0.362. The summed E-state index contributed by atoms with van der Waals surface area (Å²) in [5.41, 5.74) is 6.30. The van der Waals surface area contributed by atoms with Crippen molar-refractivity contribution >= 4 is 44.8 Å². The van der Waals surface area contributed by atoms with Crippen LogP contribution in [0.1, 0.15) is 0 Å². The van der Waals surface area contributed by atoms with Crippen molar-refractivity contribution in [1.82, 2.24) is 4.57 Å². The minimum Gasteiger partial charge on any atom is -0.397 e. The van der Waals surface area contributed by atoms with Crippen LogP contribution in [0, 0.1) is 0 Å². The Kier molecular flexibility index (Phi) is 4.46. The molecule has 0 radical (unpaired) electrons. The molecule has 0 spiro atoms. The van der Waals surface area contributed by atoms with E-state index in [9.17, 15) is 9.59 Å². The first kappa shape index (κ1) is 14.6. The van der Waals surface area contributed by atoms with Crippen LogP contribution in [-0.2, 0) is 11.3 Å². The number of pyridine rings is 1. The average molecular weight is 357 g/mol. The highest BCUT2D eigenvalue weighted by Crippen LogP contribution is 2.22. The lowest BCUT2D eigenvalue weighted by atomic mass is 10.2. The van der Waals surface area contributed by atoms with Crippen LogP contribution in [0.15, 0.2) is 45.8 Å². The molecule has 1 heterocycles. The van der Waals surface area contributed by atoms with Gasteiger partial charge in [0.1, 0.15) is 6.54 Å². The molecule has 0 saturated heterocycles. The van der Waals surface area contributed by atoms with Crippen LogP contribution in [0.5, 0.6) is 0 Å². The predicted octanol–water partition coefficient (Wildman–Crippen LogP) is 2.49. The van der Waals surface area contributed by atoms with Crippen molar-refractivity contribution in [1.29, 1.82) is 0 Å². The summed E-state index contributed by atoms with van der Waals surface area (Å²) in [5.74, 6) is -0.362. The monoisotopic (exact) mass is 355 g/mol. The van der Waals surface area contributed by atoms with Gasteiger partial charge >= 0.3 is 0 Å². The number of hydrogen-bond donors (Lipinski definition) is 2. The van der Waals surface area contributed by atoms with Gasteiger partial charge in [0.05, 0.1) is 11.4 Å². The van der Waals surface area contributed by atoms with Crippen LogP contribution in [0.3, 0.4) is 0 Å². The number of anilines is 2. The molecule has 2 rings (SSSR count). The summed E-state index contributed by atoms with van der Waals surface area (Å²) in [6.07, 6.45) is 1.54. The molecule has 3 N–H and O–H groups in total. The van der Waals surface area contributed by atoms with Crippen molar-refractivity contribution in [3.05, 3.63) is 56.4 Å². The highest BCUT2D eigenvalue weighted by atomic mass is 79.9. The molecule has 0 aliphatic heterocycles. The number of nitrogens with zero attached hydrogens (tertiary/aromatic N) is 1. The number of aromatic nitrogens is 1. The highest BCUT2D eigenvalue weighted by Gasteiger charge is 2.08. The quantitative estimate of drug-likeness (QED) is 0.830. The lowest BCUT2D eigenvalue weighted by Crippen LogP contribution is -2.26. The van der Waals surface area contributed by atoms with Crippen molar-refractivity contribution in [3.63, 3.8) is 0 Å². The van der Waals surface area contributed by atoms with Gasteiger partial charge < -0.3 is 15.6 Å². The molecule has 0 fully saturated rings. The molecule has 0 bridgehead atoms. The van der Waals surface area contributed by atoms with Crippen LogP contribution in [0.2, 0.25) is 5.02 Å². The summed E-state index contributed by atoms with van der Waals surface area (Å²) in [6, 6.07) is 7.78. The van der Waals surface area contributed by atoms with E-state index in [1.807, 2.05) is 0 Å². The Bertz CT molecular complexity index is 715. The third-order valence-electron chi connectivity index (χ3n) is 2.55. The van der Waals surface area contributed by atoms with Crippen molar-refractivity contribution in [3.8, 4) is 0 Å². The molecule has 5 nitrogen and oxygen atoms in total. The summed E-state index contributed by atoms with van der Waals surface area (Å²) in [4.78, 5) is 23.5. The van der Waals surface area contributed by atoms with Crippen molar-refractivity contribution in [2.24, 2.45) is 0 Å². The molecule has 1 aromatic carbocycles. The highest BCUT2D eigenvalue weighted by molar-refractivity contribution is 9.10. The molecule has 0 aliphatic carbocycles. The normalized spacial score (nSPS) is 10.3. The predicted molar refractivity (Wildman–Crippen MR) is 82.9 cm³/mol. The van der Waals surface area contributed by atoms with Gasteiger partial charge in [0.15, 0.2) is 0 Å². The maximum absolute atomic E-state index is 11.9. The molecule has 2 aromatic rings. The summed E-state index contributed by atoms with van der Waals surface area (Å²) in [7, 11) is 0. The minimum absolute atomic E-state index is 0.107. The van der Waals surface area contributed by atoms with Crippen LogP contribution in [0.4, 0.5) is 11.4 Å². The second-order valence-electron chi connectivity index (χ2n) is 4.09. The number of benzene rings is 1. The number of nitrogens with two attached hydrogens (primary N) is 1. The molecule has 1 amide bonds. The van der Waals surface area contributed by atoms with Gasteiger partial charge in [0.25, 0.3) is 5.56 Å². The second kappa shape index (κ2) is 6.11. The topological polar surface area (TPSA) is 77.1 Å². The molecule has 1 aromatic heterocycles. The number of halogens is 2. The second-order valence-corrected chi connectivity index (χ2v) is 5.45. The van der Waals surface area contributed by atoms with Gasteiger partial charge in [-0.15, -0.1) is 0 Å². The summed E-state index contributed by atoms with van der Waals surface area (Å²) in [6.45, 7) is -0.107. The standard InChI is InChI=1S/C13H11BrClN3O2/c14-8-1-4-13(20)18(6-8)7-12(19)17-11-5-9(15)2-3-10(11)16/h1-6H,7,16H2,(H,17,19). The van der Waals surface area contributed by atoms with Gasteiger partial charge in [-0.05, 0) is 40.2 Å². The Balaban J connectivity index is 2.15. The third-order valence-corrected chi connectivity index (χ3v) is 3.25. The fourth-order valence-corrected chi connectivity index (χ4v) is 2.16. The van der Waals surface area contributed by atoms with E-state index in [1.54, 1.807) is 30.5 Å². The van der Waals surface area contributed by atoms with E-state index in [1.165, 1.54) is 10.6 Å². The lowest BCUT2D eigenvalue weighted by Gasteiger charge is -2.10. The smallest absolute Gasteiger partial charge is 0.251 e. The molecule has 0 aliphatic rings. The zero-order valence-electron chi connectivity index (χ0n) is 10.3. The Morgan fingerprint density at radius 3 is 2.85 bits per heavy atom. The number of amides is 1. The third kappa shape index (κ3) is 3.61. The van der Waals surface area contributed by atoms with E-state index < -0.39 is 0 Å². The van der Waals surface area contributed by atoms with Gasteiger partial charge in [0, 0.05) is 21.8 Å². The molecule has 20 heavy (non-hydrogen) atoms. The van der Waals surface area contributed by atoms with Gasteiger partial charge in [0.2, 0.25) is 5.91 Å². The summed E-state index contributed by atoms with van der Waals surface area (Å²) >= 11 is 9.08.